The first-order valence-corrected chi connectivity index (χ1v) is 6.37. The molecule has 0 radical (unpaired) electrons. The molecule has 7 heteroatoms. The Morgan fingerprint density at radius 3 is 2.56 bits per heavy atom. The van der Waals surface area contributed by atoms with Crippen LogP contribution < -0.4 is 21.7 Å². The fraction of sp³-hybridized carbons (Fsp3) is 0.0909. The third-order valence-corrected chi connectivity index (χ3v) is 2.89. The van der Waals surface area contributed by atoms with Gasteiger partial charge in [-0.05, 0) is 30.5 Å². The Hall–Kier alpha value is -1.99. The molecular formula is C11H13N5OS. The molecule has 0 fully saturated rings. The Kier molecular flexibility index (Phi) is 3.85. The van der Waals surface area contributed by atoms with Crippen LogP contribution in [0.25, 0.3) is 0 Å². The molecule has 0 aliphatic heterocycles. The summed E-state index contributed by atoms with van der Waals surface area (Å²) < 4.78 is 5.57. The number of anilines is 2. The number of hydrogen-bond acceptors (Lipinski definition) is 7. The Labute approximate surface area is 109 Å². The van der Waals surface area contributed by atoms with Crippen LogP contribution in [-0.2, 0) is 0 Å². The van der Waals surface area contributed by atoms with E-state index in [-0.39, 0.29) is 5.95 Å². The summed E-state index contributed by atoms with van der Waals surface area (Å²) >= 11 is 1.66. The van der Waals surface area contributed by atoms with E-state index in [1.165, 1.54) is 0 Å². The Morgan fingerprint density at radius 1 is 1.22 bits per heavy atom. The van der Waals surface area contributed by atoms with Crippen LogP contribution in [0.15, 0.2) is 35.2 Å². The molecule has 2 rings (SSSR count). The Bertz CT molecular complexity index is 531. The van der Waals surface area contributed by atoms with Crippen molar-refractivity contribution in [2.45, 2.75) is 4.90 Å². The molecule has 0 aliphatic rings. The maximum atomic E-state index is 5.57. The lowest BCUT2D eigenvalue weighted by Gasteiger charge is -2.07. The first kappa shape index (κ1) is 12.5. The predicted molar refractivity (Wildman–Crippen MR) is 72.6 cm³/mol. The van der Waals surface area contributed by atoms with Crippen molar-refractivity contribution < 1.29 is 4.74 Å². The number of hydrogen-bond donors (Lipinski definition) is 3. The third kappa shape index (κ3) is 3.02. The minimum absolute atomic E-state index is 0.0983. The molecule has 0 saturated carbocycles. The van der Waals surface area contributed by atoms with Crippen molar-refractivity contribution in [1.29, 1.82) is 0 Å². The first-order valence-electron chi connectivity index (χ1n) is 5.14. The number of thioether (sulfide) groups is 1. The van der Waals surface area contributed by atoms with E-state index in [4.69, 9.17) is 16.3 Å². The van der Waals surface area contributed by atoms with Crippen LogP contribution in [0.3, 0.4) is 0 Å². The van der Waals surface area contributed by atoms with Crippen molar-refractivity contribution in [2.24, 2.45) is 5.84 Å². The molecule has 6 nitrogen and oxygen atoms in total. The maximum absolute atomic E-state index is 5.57. The van der Waals surface area contributed by atoms with Crippen molar-refractivity contribution >= 4 is 23.5 Å². The van der Waals surface area contributed by atoms with Gasteiger partial charge in [0.2, 0.25) is 11.8 Å². The van der Waals surface area contributed by atoms with Crippen molar-refractivity contribution in [3.05, 3.63) is 30.3 Å². The summed E-state index contributed by atoms with van der Waals surface area (Å²) in [6.45, 7) is 0. The third-order valence-electron chi connectivity index (χ3n) is 2.15. The highest BCUT2D eigenvalue weighted by molar-refractivity contribution is 7.98. The lowest BCUT2D eigenvalue weighted by molar-refractivity contribution is 0.462. The normalized spacial score (nSPS) is 10.1. The average Bonchev–Trinajstić information content (AvgIpc) is 2.39. The summed E-state index contributed by atoms with van der Waals surface area (Å²) in [5.74, 6) is 6.78. The minimum Gasteiger partial charge on any atom is -0.439 e. The number of ether oxygens (including phenoxy) is 1. The van der Waals surface area contributed by atoms with E-state index >= 15 is 0 Å². The predicted octanol–water partition coefficient (Wildman–Crippen LogP) is 1.86. The summed E-state index contributed by atoms with van der Waals surface area (Å²) in [6, 6.07) is 9.22. The molecule has 0 atom stereocenters. The molecule has 1 aromatic carbocycles. The van der Waals surface area contributed by atoms with E-state index in [1.807, 2.05) is 30.5 Å². The molecule has 0 amide bonds. The second kappa shape index (κ2) is 5.56. The molecule has 0 bridgehead atoms. The molecule has 94 valence electrons. The molecule has 1 aromatic heterocycles. The topological polar surface area (TPSA) is 99.1 Å². The average molecular weight is 263 g/mol. The van der Waals surface area contributed by atoms with Crippen LogP contribution in [0.4, 0.5) is 11.8 Å². The Balaban J connectivity index is 2.19. The lowest BCUT2D eigenvalue weighted by Crippen LogP contribution is -2.10. The SMILES string of the molecule is CSc1ccc(Oc2cc(NN)nc(N)n2)cc1. The van der Waals surface area contributed by atoms with Crippen molar-refractivity contribution in [3.63, 3.8) is 0 Å². The summed E-state index contributed by atoms with van der Waals surface area (Å²) in [7, 11) is 0. The maximum Gasteiger partial charge on any atom is 0.226 e. The number of nitrogen functional groups attached to an aromatic ring is 2. The van der Waals surface area contributed by atoms with E-state index in [1.54, 1.807) is 17.8 Å². The van der Waals surface area contributed by atoms with E-state index in [2.05, 4.69) is 15.4 Å². The van der Waals surface area contributed by atoms with E-state index in [9.17, 15) is 0 Å². The minimum atomic E-state index is 0.0983. The van der Waals surface area contributed by atoms with Crippen LogP contribution >= 0.6 is 11.8 Å². The molecule has 0 saturated heterocycles. The standard InChI is InChI=1S/C11H13N5OS/c1-18-8-4-2-7(3-5-8)17-10-6-9(16-13)14-11(12)15-10/h2-6H,13H2,1H3,(H3,12,14,15,16). The molecule has 1 heterocycles. The number of nitrogens with one attached hydrogen (secondary N) is 1. The van der Waals surface area contributed by atoms with Gasteiger partial charge in [0.25, 0.3) is 0 Å². The lowest BCUT2D eigenvalue weighted by atomic mass is 10.3. The van der Waals surface area contributed by atoms with Gasteiger partial charge in [-0.2, -0.15) is 9.97 Å². The molecule has 5 N–H and O–H groups in total. The number of rotatable bonds is 4. The van der Waals surface area contributed by atoms with Crippen LogP contribution in [0.2, 0.25) is 0 Å². The number of benzene rings is 1. The fourth-order valence-corrected chi connectivity index (χ4v) is 1.74. The highest BCUT2D eigenvalue weighted by atomic mass is 32.2. The van der Waals surface area contributed by atoms with Gasteiger partial charge in [0.1, 0.15) is 11.6 Å². The van der Waals surface area contributed by atoms with Gasteiger partial charge in [-0.25, -0.2) is 5.84 Å². The van der Waals surface area contributed by atoms with Gasteiger partial charge in [-0.3, -0.25) is 0 Å². The van der Waals surface area contributed by atoms with Crippen LogP contribution in [0.1, 0.15) is 0 Å². The van der Waals surface area contributed by atoms with E-state index < -0.39 is 0 Å². The second-order valence-corrected chi connectivity index (χ2v) is 4.25. The smallest absolute Gasteiger partial charge is 0.226 e. The monoisotopic (exact) mass is 263 g/mol. The summed E-state index contributed by atoms with van der Waals surface area (Å²) in [4.78, 5) is 8.99. The number of aromatic nitrogens is 2. The number of nitrogens with two attached hydrogens (primary N) is 2. The molecule has 18 heavy (non-hydrogen) atoms. The van der Waals surface area contributed by atoms with Gasteiger partial charge < -0.3 is 15.9 Å². The second-order valence-electron chi connectivity index (χ2n) is 3.37. The van der Waals surface area contributed by atoms with Crippen LogP contribution in [0.5, 0.6) is 11.6 Å². The Morgan fingerprint density at radius 2 is 1.94 bits per heavy atom. The molecule has 0 spiro atoms. The fourth-order valence-electron chi connectivity index (χ4n) is 1.33. The van der Waals surface area contributed by atoms with Gasteiger partial charge >= 0.3 is 0 Å². The van der Waals surface area contributed by atoms with Gasteiger partial charge in [0.15, 0.2) is 0 Å². The first-order chi connectivity index (χ1) is 8.71. The highest BCUT2D eigenvalue weighted by Gasteiger charge is 2.04. The van der Waals surface area contributed by atoms with Gasteiger partial charge in [-0.1, -0.05) is 0 Å². The quantitative estimate of drug-likeness (QED) is 0.440. The van der Waals surface area contributed by atoms with Crippen molar-refractivity contribution in [3.8, 4) is 11.6 Å². The molecule has 2 aromatic rings. The van der Waals surface area contributed by atoms with E-state index in [0.29, 0.717) is 17.4 Å². The largest absolute Gasteiger partial charge is 0.439 e. The summed E-state index contributed by atoms with van der Waals surface area (Å²) in [5, 5.41) is 0. The summed E-state index contributed by atoms with van der Waals surface area (Å²) in [5.41, 5.74) is 7.93. The summed E-state index contributed by atoms with van der Waals surface area (Å²) in [6.07, 6.45) is 2.01. The highest BCUT2D eigenvalue weighted by Crippen LogP contribution is 2.24. The zero-order valence-electron chi connectivity index (χ0n) is 9.75. The molecule has 0 unspecified atom stereocenters. The van der Waals surface area contributed by atoms with Crippen molar-refractivity contribution in [2.75, 3.05) is 17.4 Å². The van der Waals surface area contributed by atoms with E-state index in [0.717, 1.165) is 4.90 Å². The number of hydrazine groups is 1. The van der Waals surface area contributed by atoms with Gasteiger partial charge in [-0.15, -0.1) is 11.8 Å². The zero-order chi connectivity index (χ0) is 13.0. The molecular weight excluding hydrogens is 250 g/mol. The molecule has 0 aliphatic carbocycles. The van der Waals surface area contributed by atoms with Gasteiger partial charge in [0.05, 0.1) is 0 Å². The zero-order valence-corrected chi connectivity index (χ0v) is 10.6. The van der Waals surface area contributed by atoms with Crippen molar-refractivity contribution in [1.82, 2.24) is 9.97 Å². The van der Waals surface area contributed by atoms with Gasteiger partial charge in [0, 0.05) is 11.0 Å². The van der Waals surface area contributed by atoms with Crippen LogP contribution in [-0.4, -0.2) is 16.2 Å². The van der Waals surface area contributed by atoms with Crippen LogP contribution in [0, 0.1) is 0 Å². The number of nitrogens with zero attached hydrogens (tertiary/aromatic N) is 2.